The Labute approximate surface area is 130 Å². The van der Waals surface area contributed by atoms with E-state index >= 15 is 0 Å². The summed E-state index contributed by atoms with van der Waals surface area (Å²) in [4.78, 5) is 15.5. The van der Waals surface area contributed by atoms with Crippen molar-refractivity contribution >= 4 is 22.3 Å². The molecule has 20 heavy (non-hydrogen) atoms. The zero-order valence-corrected chi connectivity index (χ0v) is 16.9. The van der Waals surface area contributed by atoms with E-state index in [0.717, 1.165) is 13.1 Å². The third-order valence-corrected chi connectivity index (χ3v) is 19.6. The number of hydrogen-bond donors (Lipinski definition) is 0. The predicted molar refractivity (Wildman–Crippen MR) is 91.1 cm³/mol. The number of amides is 1. The Hall–Kier alpha value is 0.269. The molecule has 0 aromatic rings. The number of rotatable bonds is 10. The van der Waals surface area contributed by atoms with Gasteiger partial charge in [0.15, 0.2) is 0 Å². The first kappa shape index (κ1) is 18.3. The van der Waals surface area contributed by atoms with Crippen LogP contribution in [-0.2, 0) is 0 Å². The quantitative estimate of drug-likeness (QED) is 0.444. The summed E-state index contributed by atoms with van der Waals surface area (Å²) in [5, 5.41) is 0. The molecule has 0 aliphatic carbocycles. The summed E-state index contributed by atoms with van der Waals surface area (Å²) in [5.74, 6) is 0. The molecule has 1 amide bonds. The van der Waals surface area contributed by atoms with Gasteiger partial charge in [-0.05, 0) is 0 Å². The van der Waals surface area contributed by atoms with Crippen molar-refractivity contribution < 1.29 is 4.79 Å². The molecule has 1 aliphatic heterocycles. The molecule has 2 nitrogen and oxygen atoms in total. The van der Waals surface area contributed by atoms with Gasteiger partial charge in [0.2, 0.25) is 0 Å². The monoisotopic (exact) mass is 389 g/mol. The minimum absolute atomic E-state index is 0.701. The zero-order valence-electron chi connectivity index (χ0n) is 14.0. The minimum atomic E-state index is -2.61. The van der Waals surface area contributed by atoms with Crippen molar-refractivity contribution in [3.63, 3.8) is 0 Å². The molecule has 0 bridgehead atoms. The van der Waals surface area contributed by atoms with E-state index in [-0.39, 0.29) is 0 Å². The van der Waals surface area contributed by atoms with Crippen molar-refractivity contribution in [2.45, 2.75) is 85.4 Å². The molecule has 1 rings (SSSR count). The van der Waals surface area contributed by atoms with Crippen LogP contribution in [0.4, 0.5) is 4.79 Å². The van der Waals surface area contributed by atoms with Crippen molar-refractivity contribution in [3.05, 3.63) is 0 Å². The maximum absolute atomic E-state index is 13.2. The van der Waals surface area contributed by atoms with Crippen LogP contribution in [-0.4, -0.2) is 40.3 Å². The van der Waals surface area contributed by atoms with Gasteiger partial charge in [0.1, 0.15) is 0 Å². The van der Waals surface area contributed by atoms with Crippen LogP contribution in [0.15, 0.2) is 0 Å². The molecule has 0 aromatic carbocycles. The van der Waals surface area contributed by atoms with Crippen LogP contribution >= 0.6 is 0 Å². The van der Waals surface area contributed by atoms with Gasteiger partial charge >= 0.3 is 131 Å². The first-order chi connectivity index (χ1) is 9.70. The Kier molecular flexibility index (Phi) is 9.22. The van der Waals surface area contributed by atoms with Crippen LogP contribution in [0.1, 0.15) is 72.1 Å². The van der Waals surface area contributed by atoms with Crippen LogP contribution in [0, 0.1) is 0 Å². The van der Waals surface area contributed by atoms with Gasteiger partial charge in [-0.1, -0.05) is 0 Å². The summed E-state index contributed by atoms with van der Waals surface area (Å²) in [6.45, 7) is 8.94. The van der Waals surface area contributed by atoms with Gasteiger partial charge in [0, 0.05) is 0 Å². The topological polar surface area (TPSA) is 20.3 Å². The van der Waals surface area contributed by atoms with E-state index < -0.39 is 18.4 Å². The molecule has 0 aromatic heterocycles. The summed E-state index contributed by atoms with van der Waals surface area (Å²) >= 11 is -2.61. The van der Waals surface area contributed by atoms with Gasteiger partial charge in [-0.15, -0.1) is 0 Å². The van der Waals surface area contributed by atoms with E-state index in [1.54, 1.807) is 0 Å². The summed E-state index contributed by atoms with van der Waals surface area (Å²) in [7, 11) is 0. The van der Waals surface area contributed by atoms with Crippen LogP contribution in [0.25, 0.3) is 0 Å². The fourth-order valence-electron chi connectivity index (χ4n) is 3.50. The average Bonchev–Trinajstić information content (AvgIpc) is 3.00. The first-order valence-electron chi connectivity index (χ1n) is 8.99. The van der Waals surface area contributed by atoms with Crippen molar-refractivity contribution in [3.8, 4) is 0 Å². The van der Waals surface area contributed by atoms with E-state index in [2.05, 4.69) is 25.7 Å². The fourth-order valence-corrected chi connectivity index (χ4v) is 18.8. The molecule has 0 unspecified atom stereocenters. The van der Waals surface area contributed by atoms with Crippen LogP contribution in [0.2, 0.25) is 13.3 Å². The third kappa shape index (κ3) is 5.23. The Morgan fingerprint density at radius 3 is 1.60 bits per heavy atom. The normalized spacial score (nSPS) is 15.8. The van der Waals surface area contributed by atoms with Gasteiger partial charge in [-0.2, -0.15) is 0 Å². The SMILES string of the molecule is CCC[CH2][Sn]([CH2]CCC)([CH2]CCC)[C](=O)N1CCCC1. The Bertz CT molecular complexity index is 252. The molecule has 118 valence electrons. The summed E-state index contributed by atoms with van der Waals surface area (Å²) in [6, 6.07) is 0. The van der Waals surface area contributed by atoms with E-state index in [0.29, 0.717) is 3.92 Å². The van der Waals surface area contributed by atoms with Gasteiger partial charge in [-0.25, -0.2) is 0 Å². The number of likely N-dealkylation sites (tertiary alicyclic amines) is 1. The Balaban J connectivity index is 2.82. The van der Waals surface area contributed by atoms with E-state index in [9.17, 15) is 4.79 Å². The zero-order chi connectivity index (χ0) is 14.8. The maximum atomic E-state index is 13.2. The standard InChI is InChI=1S/C5H8NO.3C4H9.Sn/c7-5-6-3-1-2-4-6;3*1-3-4-2;/h1-4H2;3*1,3-4H2,2H3;. The molecule has 1 heterocycles. The van der Waals surface area contributed by atoms with Gasteiger partial charge < -0.3 is 0 Å². The molecule has 0 N–H and O–H groups in total. The molecule has 0 spiro atoms. The fraction of sp³-hybridized carbons (Fsp3) is 0.941. The molecular weight excluding hydrogens is 353 g/mol. The molecule has 0 radical (unpaired) electrons. The van der Waals surface area contributed by atoms with Crippen molar-refractivity contribution in [2.24, 2.45) is 0 Å². The van der Waals surface area contributed by atoms with E-state index in [4.69, 9.17) is 0 Å². The predicted octanol–water partition coefficient (Wildman–Crippen LogP) is 5.63. The van der Waals surface area contributed by atoms with Gasteiger partial charge in [0.25, 0.3) is 0 Å². The summed E-state index contributed by atoms with van der Waals surface area (Å²) in [6.07, 6.45) is 10.1. The van der Waals surface area contributed by atoms with Gasteiger partial charge in [0.05, 0.1) is 0 Å². The second-order valence-electron chi connectivity index (χ2n) is 6.59. The molecule has 1 aliphatic rings. The molecule has 3 heteroatoms. The third-order valence-electron chi connectivity index (χ3n) is 4.87. The van der Waals surface area contributed by atoms with Crippen molar-refractivity contribution in [2.75, 3.05) is 13.1 Å². The number of carbonyl (C=O) groups is 1. The average molecular weight is 388 g/mol. The second-order valence-corrected chi connectivity index (χ2v) is 19.4. The number of hydrogen-bond acceptors (Lipinski definition) is 1. The van der Waals surface area contributed by atoms with E-state index in [1.807, 2.05) is 0 Å². The molecular formula is C17H35NOSn. The molecule has 0 saturated carbocycles. The van der Waals surface area contributed by atoms with Crippen molar-refractivity contribution in [1.82, 2.24) is 4.90 Å². The van der Waals surface area contributed by atoms with Gasteiger partial charge in [-0.3, -0.25) is 0 Å². The van der Waals surface area contributed by atoms with Crippen LogP contribution in [0.3, 0.4) is 0 Å². The summed E-state index contributed by atoms with van der Waals surface area (Å²) < 4.78 is 4.66. The van der Waals surface area contributed by atoms with E-state index in [1.165, 1.54) is 64.7 Å². The first-order valence-corrected chi connectivity index (χ1v) is 16.5. The Morgan fingerprint density at radius 2 is 1.25 bits per heavy atom. The summed E-state index contributed by atoms with van der Waals surface area (Å²) in [5.41, 5.74) is 0. The molecule has 1 saturated heterocycles. The van der Waals surface area contributed by atoms with Crippen molar-refractivity contribution in [1.29, 1.82) is 0 Å². The molecule has 0 atom stereocenters. The molecule has 1 fully saturated rings. The number of nitrogens with zero attached hydrogens (tertiary/aromatic N) is 1. The Morgan fingerprint density at radius 1 is 0.850 bits per heavy atom. The van der Waals surface area contributed by atoms with Crippen LogP contribution in [0.5, 0.6) is 0 Å². The second kappa shape index (κ2) is 10.1. The number of unbranched alkanes of at least 4 members (excludes halogenated alkanes) is 3. The number of carbonyl (C=O) groups excluding carboxylic acids is 1. The van der Waals surface area contributed by atoms with Crippen LogP contribution < -0.4 is 0 Å².